The van der Waals surface area contributed by atoms with Gasteiger partial charge in [0.15, 0.2) is 34.5 Å². The average Bonchev–Trinajstić information content (AvgIpc) is 1.52. The van der Waals surface area contributed by atoms with Crippen LogP contribution in [-0.2, 0) is 5.41 Å². The highest BCUT2D eigenvalue weighted by Crippen LogP contribution is 2.57. The van der Waals surface area contributed by atoms with Crippen LogP contribution in [0, 0.1) is 20.8 Å². The molecule has 3 aliphatic heterocycles. The van der Waals surface area contributed by atoms with Crippen molar-refractivity contribution in [3.63, 3.8) is 0 Å². The molecule has 0 bridgehead atoms. The molecule has 129 heavy (non-hydrogen) atoms. The van der Waals surface area contributed by atoms with E-state index >= 15 is 0 Å². The lowest BCUT2D eigenvalue weighted by molar-refractivity contribution is 0.475. The van der Waals surface area contributed by atoms with Crippen molar-refractivity contribution >= 4 is 131 Å². The molecule has 26 rings (SSSR count). The minimum absolute atomic E-state index is 0.0556. The predicted octanol–water partition coefficient (Wildman–Crippen LogP) is 34.3. The van der Waals surface area contributed by atoms with Crippen molar-refractivity contribution in [2.24, 2.45) is 0 Å². The first-order valence-corrected chi connectivity index (χ1v) is 44.7. The molecule has 0 saturated carbocycles. The summed E-state index contributed by atoms with van der Waals surface area (Å²) < 4.78 is 19.0. The molecule has 22 aromatic carbocycles. The topological polar surface area (TPSA) is 37.4 Å². The molecule has 0 spiro atoms. The number of para-hydroxylation sites is 6. The second kappa shape index (κ2) is 30.1. The molecular formula is C123H89N3O3. The minimum atomic E-state index is -0.0556. The molecule has 0 saturated heterocycles. The molecule has 0 amide bonds. The van der Waals surface area contributed by atoms with E-state index in [9.17, 15) is 0 Å². The third-order valence-corrected chi connectivity index (χ3v) is 27.7. The normalized spacial score (nSPS) is 13.0. The van der Waals surface area contributed by atoms with E-state index in [1.165, 1.54) is 203 Å². The molecule has 0 radical (unpaired) electrons. The lowest BCUT2D eigenvalue weighted by Gasteiger charge is -2.30. The van der Waals surface area contributed by atoms with Crippen LogP contribution >= 0.6 is 0 Å². The van der Waals surface area contributed by atoms with Crippen molar-refractivity contribution in [2.45, 2.75) is 40.0 Å². The number of nitrogens with zero attached hydrogens (tertiary/aromatic N) is 3. The molecule has 22 aromatic rings. The Labute approximate surface area is 750 Å². The Morgan fingerprint density at radius 1 is 0.186 bits per heavy atom. The Kier molecular flexibility index (Phi) is 17.9. The summed E-state index contributed by atoms with van der Waals surface area (Å²) in [5.41, 5.74) is 30.6. The standard InChI is InChI=1S/C43H33NO.C42H29NO.C38H27NO/c1-26-17-20-33-34(23-26)42(28-19-22-40-38(25-28)44(4)37-15-9-10-16-39(37)45-40)32-13-6-5-12-31(32)41(33)27-18-21-30-29-11-7-8-14-35(29)43(2,3)36(30)24-27;1-26-19-21-34-35(23-26)41(28-20-22-40-38(25-28)43(2)37-17-9-10-18-39(37)44-40)32-15-7-8-16-33(32)42(34)36-24-27-11-3-4-12-29(27)30-13-5-6-14-31(30)36;1-24-18-20-31-32(22-24)37(26-19-21-36-34(23-26)39(2)33-16-7-8-17-35(33)40-36)29-13-5-6-14-30(29)38(31)28-15-9-11-25-10-3-4-12-27(25)28/h5-25H,1-4H3;3-25H,1-2H3;3-23H,1-2H3. The van der Waals surface area contributed by atoms with Crippen molar-refractivity contribution in [3.05, 3.63) is 422 Å². The first kappa shape index (κ1) is 76.6. The van der Waals surface area contributed by atoms with E-state index in [4.69, 9.17) is 14.2 Å². The van der Waals surface area contributed by atoms with Gasteiger partial charge in [-0.15, -0.1) is 0 Å². The number of fused-ring (bicyclic) bond motifs is 19. The average molecular weight is 1660 g/mol. The first-order chi connectivity index (χ1) is 63.2. The van der Waals surface area contributed by atoms with Gasteiger partial charge >= 0.3 is 0 Å². The molecule has 0 fully saturated rings. The molecule has 0 unspecified atom stereocenters. The fourth-order valence-electron chi connectivity index (χ4n) is 21.5. The highest BCUT2D eigenvalue weighted by molar-refractivity contribution is 6.28. The number of benzene rings is 22. The summed E-state index contributed by atoms with van der Waals surface area (Å²) in [6.07, 6.45) is 0. The smallest absolute Gasteiger partial charge is 0.151 e. The number of hydrogen-bond acceptors (Lipinski definition) is 6. The van der Waals surface area contributed by atoms with E-state index in [-0.39, 0.29) is 5.41 Å². The van der Waals surface area contributed by atoms with Gasteiger partial charge in [0.2, 0.25) is 0 Å². The summed E-state index contributed by atoms with van der Waals surface area (Å²) in [5.74, 6) is 5.28. The zero-order valence-corrected chi connectivity index (χ0v) is 73.1. The summed E-state index contributed by atoms with van der Waals surface area (Å²) in [4.78, 5) is 6.71. The number of hydrogen-bond donors (Lipinski definition) is 0. The summed E-state index contributed by atoms with van der Waals surface area (Å²) in [7, 11) is 6.37. The van der Waals surface area contributed by atoms with Crippen LogP contribution < -0.4 is 28.9 Å². The maximum absolute atomic E-state index is 6.34. The fraction of sp³-hybridized carbons (Fsp3) is 0.0732. The molecule has 1 aliphatic carbocycles. The van der Waals surface area contributed by atoms with Crippen LogP contribution in [0.15, 0.2) is 394 Å². The van der Waals surface area contributed by atoms with E-state index in [0.717, 1.165) is 68.6 Å². The number of rotatable bonds is 6. The Morgan fingerprint density at radius 3 is 0.969 bits per heavy atom. The third kappa shape index (κ3) is 12.4. The lowest BCUT2D eigenvalue weighted by Crippen LogP contribution is -2.15. The molecule has 0 aromatic heterocycles. The van der Waals surface area contributed by atoms with Crippen LogP contribution in [0.3, 0.4) is 0 Å². The summed E-state index contributed by atoms with van der Waals surface area (Å²) >= 11 is 0. The lowest BCUT2D eigenvalue weighted by atomic mass is 9.80. The molecule has 614 valence electrons. The van der Waals surface area contributed by atoms with Gasteiger partial charge in [-0.1, -0.05) is 340 Å². The quantitative estimate of drug-likeness (QED) is 0.122. The highest BCUT2D eigenvalue weighted by Gasteiger charge is 2.37. The van der Waals surface area contributed by atoms with Crippen molar-refractivity contribution in [1.29, 1.82) is 0 Å². The van der Waals surface area contributed by atoms with E-state index in [1.807, 2.05) is 36.4 Å². The predicted molar refractivity (Wildman–Crippen MR) is 545 cm³/mol. The maximum Gasteiger partial charge on any atom is 0.151 e. The van der Waals surface area contributed by atoms with Crippen LogP contribution in [-0.4, -0.2) is 21.1 Å². The summed E-state index contributed by atoms with van der Waals surface area (Å²) in [6.45, 7) is 11.3. The van der Waals surface area contributed by atoms with Crippen molar-refractivity contribution < 1.29 is 14.2 Å². The van der Waals surface area contributed by atoms with E-state index in [1.54, 1.807) is 0 Å². The molecule has 0 N–H and O–H groups in total. The SMILES string of the molecule is Cc1ccc2c(-c3cc4ccccc4c4ccccc34)c3ccccc3c(-c3ccc4c(c3)N(C)c3ccccc3O4)c2c1.Cc1ccc2c(-c3ccc4c(c3)C(C)(C)c3ccccc3-4)c3ccccc3c(-c3ccc4c(c3)N(C)c3ccccc3O4)c2c1.Cc1ccc2c(-c3cccc4ccccc34)c3ccccc3c(-c3ccc4c(c3)N(C)c3ccccc3O4)c2c1. The van der Waals surface area contributed by atoms with Gasteiger partial charge in [-0.2, -0.15) is 0 Å². The molecule has 6 nitrogen and oxygen atoms in total. The first-order valence-electron chi connectivity index (χ1n) is 44.7. The monoisotopic (exact) mass is 1660 g/mol. The minimum Gasteiger partial charge on any atom is -0.453 e. The van der Waals surface area contributed by atoms with Gasteiger partial charge in [0.25, 0.3) is 0 Å². The highest BCUT2D eigenvalue weighted by atomic mass is 16.5. The largest absolute Gasteiger partial charge is 0.453 e. The van der Waals surface area contributed by atoms with Gasteiger partial charge in [-0.3, -0.25) is 0 Å². The summed E-state index contributed by atoms with van der Waals surface area (Å²) in [6, 6.07) is 143. The Morgan fingerprint density at radius 2 is 0.496 bits per heavy atom. The van der Waals surface area contributed by atoms with E-state index in [0.29, 0.717) is 0 Å². The van der Waals surface area contributed by atoms with Crippen LogP contribution in [0.2, 0.25) is 0 Å². The van der Waals surface area contributed by atoms with E-state index < -0.39 is 0 Å². The molecular weight excluding hydrogens is 1570 g/mol. The fourth-order valence-corrected chi connectivity index (χ4v) is 21.5. The second-order valence-electron chi connectivity index (χ2n) is 35.6. The zero-order valence-electron chi connectivity index (χ0n) is 73.1. The third-order valence-electron chi connectivity index (χ3n) is 27.7. The molecule has 3 heterocycles. The second-order valence-corrected chi connectivity index (χ2v) is 35.6. The number of ether oxygens (including phenoxy) is 3. The number of aryl methyl sites for hydroxylation is 3. The number of anilines is 6. The van der Waals surface area contributed by atoms with Gasteiger partial charge < -0.3 is 28.9 Å². The molecule has 6 heteroatoms. The Bertz CT molecular complexity index is 8500. The van der Waals surface area contributed by atoms with E-state index in [2.05, 4.69) is 428 Å². The van der Waals surface area contributed by atoms with Crippen molar-refractivity contribution in [2.75, 3.05) is 35.8 Å². The zero-order chi connectivity index (χ0) is 86.6. The summed E-state index contributed by atoms with van der Waals surface area (Å²) in [5, 5.41) is 22.8. The Balaban J connectivity index is 0.000000108. The van der Waals surface area contributed by atoms with Gasteiger partial charge in [-0.25, -0.2) is 0 Å². The Hall–Kier alpha value is -16.0. The molecule has 4 aliphatic rings. The van der Waals surface area contributed by atoms with Crippen LogP contribution in [0.5, 0.6) is 34.5 Å². The molecule has 0 atom stereocenters. The van der Waals surface area contributed by atoms with Gasteiger partial charge in [-0.05, 0) is 292 Å². The van der Waals surface area contributed by atoms with Crippen LogP contribution in [0.1, 0.15) is 41.7 Å². The van der Waals surface area contributed by atoms with Gasteiger partial charge in [0.05, 0.1) is 34.1 Å². The van der Waals surface area contributed by atoms with Crippen molar-refractivity contribution in [1.82, 2.24) is 0 Å². The van der Waals surface area contributed by atoms with Gasteiger partial charge in [0, 0.05) is 26.6 Å². The maximum atomic E-state index is 6.34. The van der Waals surface area contributed by atoms with Crippen LogP contribution in [0.25, 0.3) is 175 Å². The van der Waals surface area contributed by atoms with Gasteiger partial charge in [0.1, 0.15) is 0 Å². The van der Waals surface area contributed by atoms with Crippen molar-refractivity contribution in [3.8, 4) is 112 Å². The van der Waals surface area contributed by atoms with Crippen LogP contribution in [0.4, 0.5) is 34.1 Å².